The van der Waals surface area contributed by atoms with Crippen LogP contribution in [-0.2, 0) is 10.1 Å². The van der Waals surface area contributed by atoms with E-state index < -0.39 is 21.0 Å². The Kier molecular flexibility index (Phi) is 4.35. The SMILES string of the molecule is O=C(O)c1ccc(S(=O)(=O)[O-])cc1.[Li+]. The molecule has 0 saturated carbocycles. The summed E-state index contributed by atoms with van der Waals surface area (Å²) in [5, 5.41) is 8.45. The number of hydrogen-bond donors (Lipinski definition) is 1. The first-order valence-corrected chi connectivity index (χ1v) is 4.61. The van der Waals surface area contributed by atoms with Crippen molar-refractivity contribution in [2.24, 2.45) is 0 Å². The fourth-order valence-corrected chi connectivity index (χ4v) is 1.23. The Balaban J connectivity index is 0.00000169. The van der Waals surface area contributed by atoms with Crippen LogP contribution in [0.3, 0.4) is 0 Å². The molecule has 0 bridgehead atoms. The van der Waals surface area contributed by atoms with Gasteiger partial charge in [0, 0.05) is 0 Å². The van der Waals surface area contributed by atoms with Crippen LogP contribution in [0.4, 0.5) is 0 Å². The molecule has 0 amide bonds. The molecule has 0 radical (unpaired) electrons. The molecule has 1 aromatic carbocycles. The minimum absolute atomic E-state index is 0. The standard InChI is InChI=1S/C7H6O5S.Li/c8-7(9)5-1-3-6(4-2-5)13(10,11)12;/h1-4H,(H,8,9)(H,10,11,12);/q;+1/p-1. The van der Waals surface area contributed by atoms with Crippen molar-refractivity contribution in [2.75, 3.05) is 0 Å². The van der Waals surface area contributed by atoms with Crippen molar-refractivity contribution >= 4 is 16.1 Å². The molecule has 0 fully saturated rings. The van der Waals surface area contributed by atoms with Crippen LogP contribution in [0.1, 0.15) is 10.4 Å². The Labute approximate surface area is 92.7 Å². The van der Waals surface area contributed by atoms with Gasteiger partial charge in [-0.15, -0.1) is 0 Å². The molecule has 1 aromatic rings. The maximum atomic E-state index is 10.4. The minimum atomic E-state index is -4.49. The molecule has 0 saturated heterocycles. The van der Waals surface area contributed by atoms with Gasteiger partial charge in [-0.3, -0.25) is 0 Å². The number of benzene rings is 1. The summed E-state index contributed by atoms with van der Waals surface area (Å²) in [5.41, 5.74) is -0.0626. The summed E-state index contributed by atoms with van der Waals surface area (Å²) in [6.07, 6.45) is 0. The van der Waals surface area contributed by atoms with Gasteiger partial charge in [-0.05, 0) is 24.3 Å². The number of aromatic carboxylic acids is 1. The monoisotopic (exact) mass is 208 g/mol. The zero-order valence-electron chi connectivity index (χ0n) is 7.30. The van der Waals surface area contributed by atoms with Crippen LogP contribution in [0, 0.1) is 0 Å². The number of carbonyl (C=O) groups is 1. The molecule has 70 valence electrons. The van der Waals surface area contributed by atoms with Crippen molar-refractivity contribution in [3.63, 3.8) is 0 Å². The van der Waals surface area contributed by atoms with Gasteiger partial charge in [-0.2, -0.15) is 0 Å². The topological polar surface area (TPSA) is 94.5 Å². The molecule has 0 atom stereocenters. The predicted molar refractivity (Wildman–Crippen MR) is 41.4 cm³/mol. The summed E-state index contributed by atoms with van der Waals surface area (Å²) < 4.78 is 31.2. The van der Waals surface area contributed by atoms with Gasteiger partial charge < -0.3 is 9.66 Å². The van der Waals surface area contributed by atoms with E-state index in [0.717, 1.165) is 24.3 Å². The van der Waals surface area contributed by atoms with Gasteiger partial charge in [0.1, 0.15) is 10.1 Å². The van der Waals surface area contributed by atoms with E-state index in [0.29, 0.717) is 0 Å². The van der Waals surface area contributed by atoms with E-state index in [1.165, 1.54) is 0 Å². The molecule has 5 nitrogen and oxygen atoms in total. The van der Waals surface area contributed by atoms with Crippen molar-refractivity contribution in [1.29, 1.82) is 0 Å². The average Bonchev–Trinajstić information content (AvgIpc) is 2.03. The summed E-state index contributed by atoms with van der Waals surface area (Å²) in [7, 11) is -4.49. The molecule has 0 unspecified atom stereocenters. The van der Waals surface area contributed by atoms with Crippen LogP contribution in [-0.4, -0.2) is 24.0 Å². The molecule has 1 rings (SSSR count). The van der Waals surface area contributed by atoms with Crippen LogP contribution >= 0.6 is 0 Å². The summed E-state index contributed by atoms with van der Waals surface area (Å²) in [6.45, 7) is 0. The van der Waals surface area contributed by atoms with E-state index in [4.69, 9.17) is 5.11 Å². The van der Waals surface area contributed by atoms with Gasteiger partial charge in [0.25, 0.3) is 0 Å². The van der Waals surface area contributed by atoms with Crippen LogP contribution in [0.15, 0.2) is 29.2 Å². The van der Waals surface area contributed by atoms with E-state index in [2.05, 4.69) is 0 Å². The Morgan fingerprint density at radius 2 is 1.64 bits per heavy atom. The summed E-state index contributed by atoms with van der Waals surface area (Å²) in [4.78, 5) is 9.90. The fraction of sp³-hybridized carbons (Fsp3) is 0. The van der Waals surface area contributed by atoms with E-state index in [9.17, 15) is 17.8 Å². The van der Waals surface area contributed by atoms with Crippen LogP contribution in [0.25, 0.3) is 0 Å². The first-order chi connectivity index (χ1) is 5.91. The molecule has 1 N–H and O–H groups in total. The minimum Gasteiger partial charge on any atom is -0.744 e. The van der Waals surface area contributed by atoms with Crippen LogP contribution in [0.2, 0.25) is 0 Å². The molecule has 0 aromatic heterocycles. The van der Waals surface area contributed by atoms with E-state index in [1.807, 2.05) is 0 Å². The second-order valence-corrected chi connectivity index (χ2v) is 3.66. The third-order valence-corrected chi connectivity index (χ3v) is 2.24. The first-order valence-electron chi connectivity index (χ1n) is 3.20. The van der Waals surface area contributed by atoms with Crippen molar-refractivity contribution < 1.29 is 41.7 Å². The fourth-order valence-electron chi connectivity index (χ4n) is 0.764. The third-order valence-electron chi connectivity index (χ3n) is 1.39. The van der Waals surface area contributed by atoms with Crippen molar-refractivity contribution in [3.8, 4) is 0 Å². The Morgan fingerprint density at radius 1 is 1.21 bits per heavy atom. The normalized spacial score (nSPS) is 10.4. The number of hydrogen-bond acceptors (Lipinski definition) is 4. The third kappa shape index (κ3) is 3.16. The van der Waals surface area contributed by atoms with Gasteiger partial charge in [-0.25, -0.2) is 13.2 Å². The van der Waals surface area contributed by atoms with E-state index >= 15 is 0 Å². The molecule has 0 aliphatic carbocycles. The first kappa shape index (κ1) is 13.2. The van der Waals surface area contributed by atoms with Gasteiger partial charge in [-0.1, -0.05) is 0 Å². The average molecular weight is 208 g/mol. The maximum Gasteiger partial charge on any atom is 1.00 e. The predicted octanol–water partition coefficient (Wildman–Crippen LogP) is -2.71. The van der Waals surface area contributed by atoms with Gasteiger partial charge in [0.15, 0.2) is 0 Å². The van der Waals surface area contributed by atoms with Crippen molar-refractivity contribution in [1.82, 2.24) is 0 Å². The van der Waals surface area contributed by atoms with Gasteiger partial charge in [0.05, 0.1) is 10.5 Å². The molecule has 0 aliphatic rings. The largest absolute Gasteiger partial charge is 1.00 e. The van der Waals surface area contributed by atoms with Gasteiger partial charge in [0.2, 0.25) is 0 Å². The van der Waals surface area contributed by atoms with E-state index in [1.54, 1.807) is 0 Å². The number of carboxylic acids is 1. The quantitative estimate of drug-likeness (QED) is 0.421. The maximum absolute atomic E-state index is 10.4. The van der Waals surface area contributed by atoms with E-state index in [-0.39, 0.29) is 24.4 Å². The molecule has 0 aliphatic heterocycles. The Morgan fingerprint density at radius 3 is 1.93 bits per heavy atom. The zero-order chi connectivity index (χ0) is 10.1. The molecule has 0 spiro atoms. The Hall–Kier alpha value is -0.803. The number of carboxylic acid groups (broad SMARTS) is 1. The summed E-state index contributed by atoms with van der Waals surface area (Å²) >= 11 is 0. The van der Waals surface area contributed by atoms with Crippen LogP contribution < -0.4 is 18.9 Å². The molecular formula is C7H5LiO5S. The summed E-state index contributed by atoms with van der Waals surface area (Å²) in [6, 6.07) is 4.05. The summed E-state index contributed by atoms with van der Waals surface area (Å²) in [5.74, 6) is -1.17. The zero-order valence-corrected chi connectivity index (χ0v) is 8.11. The molecular weight excluding hydrogens is 203 g/mol. The Bertz CT molecular complexity index is 422. The number of rotatable bonds is 2. The van der Waals surface area contributed by atoms with Crippen molar-refractivity contribution in [3.05, 3.63) is 29.8 Å². The molecule has 0 heterocycles. The smallest absolute Gasteiger partial charge is 0.744 e. The van der Waals surface area contributed by atoms with Crippen molar-refractivity contribution in [2.45, 2.75) is 4.90 Å². The van der Waals surface area contributed by atoms with Crippen LogP contribution in [0.5, 0.6) is 0 Å². The second-order valence-electron chi connectivity index (χ2n) is 2.28. The van der Waals surface area contributed by atoms with Gasteiger partial charge >= 0.3 is 24.8 Å². The molecule has 14 heavy (non-hydrogen) atoms. The second kappa shape index (κ2) is 4.62. The molecule has 7 heteroatoms.